The van der Waals surface area contributed by atoms with Crippen molar-refractivity contribution in [2.24, 2.45) is 0 Å². The van der Waals surface area contributed by atoms with E-state index >= 15 is 0 Å². The van der Waals surface area contributed by atoms with Crippen LogP contribution in [0.15, 0.2) is 46.9 Å². The Morgan fingerprint density at radius 3 is 2.56 bits per heavy atom. The predicted octanol–water partition coefficient (Wildman–Crippen LogP) is 4.70. The summed E-state index contributed by atoms with van der Waals surface area (Å²) in [5.41, 5.74) is 0.761. The Labute approximate surface area is 162 Å². The lowest BCUT2D eigenvalue weighted by molar-refractivity contribution is 0.0599. The minimum absolute atomic E-state index is 0.0534. The number of hydrogen-bond acceptors (Lipinski definition) is 5. The zero-order valence-electron chi connectivity index (χ0n) is 15.5. The van der Waals surface area contributed by atoms with Crippen molar-refractivity contribution >= 4 is 17.2 Å². The molecule has 1 fully saturated rings. The number of furan rings is 1. The second kappa shape index (κ2) is 7.56. The van der Waals surface area contributed by atoms with E-state index in [1.807, 2.05) is 61.2 Å². The van der Waals surface area contributed by atoms with E-state index in [4.69, 9.17) is 9.15 Å². The topological polar surface area (TPSA) is 55.6 Å². The number of aromatic nitrogens is 1. The molecule has 1 aromatic carbocycles. The van der Waals surface area contributed by atoms with E-state index in [1.165, 1.54) is 11.3 Å². The average molecular weight is 382 g/mol. The number of aryl methyl sites for hydroxylation is 2. The van der Waals surface area contributed by atoms with Crippen LogP contribution in [0.4, 0.5) is 0 Å². The summed E-state index contributed by atoms with van der Waals surface area (Å²) in [6, 6.07) is 13.7. The number of nitrogens with zero attached hydrogens (tertiary/aromatic N) is 2. The summed E-state index contributed by atoms with van der Waals surface area (Å²) < 4.78 is 11.7. The van der Waals surface area contributed by atoms with E-state index in [1.54, 1.807) is 0 Å². The molecule has 0 atom stereocenters. The van der Waals surface area contributed by atoms with Crippen molar-refractivity contribution in [2.45, 2.75) is 32.8 Å². The SMILES string of the molecule is Cc1ccc(-c2nc(C)c(C(=O)N3CCC(Oc4ccccc4)CC3)s2)o1. The highest BCUT2D eigenvalue weighted by Crippen LogP contribution is 2.31. The van der Waals surface area contributed by atoms with E-state index in [0.717, 1.165) is 40.8 Å². The molecule has 0 saturated carbocycles. The molecule has 0 unspecified atom stereocenters. The summed E-state index contributed by atoms with van der Waals surface area (Å²) in [5, 5.41) is 0.756. The summed E-state index contributed by atoms with van der Waals surface area (Å²) in [7, 11) is 0. The van der Waals surface area contributed by atoms with Crippen LogP contribution >= 0.6 is 11.3 Å². The lowest BCUT2D eigenvalue weighted by Crippen LogP contribution is -2.41. The molecule has 0 aliphatic carbocycles. The van der Waals surface area contributed by atoms with Gasteiger partial charge in [-0.05, 0) is 38.1 Å². The van der Waals surface area contributed by atoms with Crippen molar-refractivity contribution in [1.82, 2.24) is 9.88 Å². The molecule has 3 aromatic rings. The summed E-state index contributed by atoms with van der Waals surface area (Å²) in [6.07, 6.45) is 1.83. The van der Waals surface area contributed by atoms with Gasteiger partial charge in [-0.2, -0.15) is 0 Å². The quantitative estimate of drug-likeness (QED) is 0.656. The van der Waals surface area contributed by atoms with Gasteiger partial charge in [0.1, 0.15) is 22.5 Å². The third kappa shape index (κ3) is 3.90. The lowest BCUT2D eigenvalue weighted by atomic mass is 10.1. The number of amides is 1. The van der Waals surface area contributed by atoms with Crippen LogP contribution in [-0.2, 0) is 0 Å². The fourth-order valence-electron chi connectivity index (χ4n) is 3.26. The van der Waals surface area contributed by atoms with Crippen molar-refractivity contribution < 1.29 is 13.9 Å². The molecule has 5 nitrogen and oxygen atoms in total. The highest BCUT2D eigenvalue weighted by molar-refractivity contribution is 7.17. The minimum Gasteiger partial charge on any atom is -0.490 e. The number of benzene rings is 1. The van der Waals surface area contributed by atoms with Gasteiger partial charge < -0.3 is 14.1 Å². The van der Waals surface area contributed by atoms with Crippen LogP contribution in [0, 0.1) is 13.8 Å². The molecular formula is C21H22N2O3S. The number of likely N-dealkylation sites (tertiary alicyclic amines) is 1. The predicted molar refractivity (Wildman–Crippen MR) is 105 cm³/mol. The van der Waals surface area contributed by atoms with Gasteiger partial charge in [-0.3, -0.25) is 4.79 Å². The number of piperidine rings is 1. The first-order valence-corrected chi connectivity index (χ1v) is 9.97. The fourth-order valence-corrected chi connectivity index (χ4v) is 4.26. The molecule has 0 bridgehead atoms. The van der Waals surface area contributed by atoms with Gasteiger partial charge >= 0.3 is 0 Å². The van der Waals surface area contributed by atoms with Gasteiger partial charge in [-0.25, -0.2) is 4.98 Å². The van der Waals surface area contributed by atoms with Crippen LogP contribution in [0.3, 0.4) is 0 Å². The largest absolute Gasteiger partial charge is 0.490 e. The number of carbonyl (C=O) groups excluding carboxylic acids is 1. The minimum atomic E-state index is 0.0534. The monoisotopic (exact) mass is 382 g/mol. The van der Waals surface area contributed by atoms with E-state index in [2.05, 4.69) is 4.98 Å². The van der Waals surface area contributed by atoms with Gasteiger partial charge in [0.2, 0.25) is 0 Å². The van der Waals surface area contributed by atoms with Gasteiger partial charge in [0.05, 0.1) is 5.69 Å². The molecule has 0 spiro atoms. The molecule has 1 amide bonds. The summed E-state index contributed by atoms with van der Waals surface area (Å²) in [6.45, 7) is 5.18. The van der Waals surface area contributed by atoms with Crippen LogP contribution in [0.25, 0.3) is 10.8 Å². The molecule has 140 valence electrons. The zero-order chi connectivity index (χ0) is 18.8. The summed E-state index contributed by atoms with van der Waals surface area (Å²) in [5.74, 6) is 2.50. The second-order valence-corrected chi connectivity index (χ2v) is 7.77. The Hall–Kier alpha value is -2.60. The standard InChI is InChI=1S/C21H22N2O3S/c1-14-8-9-18(25-14)20-22-15(2)19(27-20)21(24)23-12-10-17(11-13-23)26-16-6-4-3-5-7-16/h3-9,17H,10-13H2,1-2H3. The molecule has 0 radical (unpaired) electrons. The molecule has 1 aliphatic rings. The van der Waals surface area contributed by atoms with Crippen molar-refractivity contribution in [3.05, 3.63) is 58.8 Å². The Bertz CT molecular complexity index is 924. The van der Waals surface area contributed by atoms with Crippen LogP contribution in [0.1, 0.15) is 34.0 Å². The van der Waals surface area contributed by atoms with E-state index in [9.17, 15) is 4.79 Å². The maximum absolute atomic E-state index is 13.0. The van der Waals surface area contributed by atoms with Crippen LogP contribution < -0.4 is 4.74 Å². The van der Waals surface area contributed by atoms with E-state index in [0.29, 0.717) is 18.0 Å². The first-order chi connectivity index (χ1) is 13.1. The van der Waals surface area contributed by atoms with Gasteiger partial charge in [-0.1, -0.05) is 18.2 Å². The van der Waals surface area contributed by atoms with E-state index < -0.39 is 0 Å². The third-order valence-corrected chi connectivity index (χ3v) is 5.88. The number of carbonyl (C=O) groups is 1. The maximum atomic E-state index is 13.0. The lowest BCUT2D eigenvalue weighted by Gasteiger charge is -2.32. The van der Waals surface area contributed by atoms with Crippen molar-refractivity contribution in [3.8, 4) is 16.5 Å². The summed E-state index contributed by atoms with van der Waals surface area (Å²) in [4.78, 5) is 20.1. The number of ether oxygens (including phenoxy) is 1. The Morgan fingerprint density at radius 2 is 1.89 bits per heavy atom. The fraction of sp³-hybridized carbons (Fsp3) is 0.333. The number of rotatable bonds is 4. The van der Waals surface area contributed by atoms with Crippen LogP contribution in [0.5, 0.6) is 5.75 Å². The Morgan fingerprint density at radius 1 is 1.15 bits per heavy atom. The first kappa shape index (κ1) is 17.8. The maximum Gasteiger partial charge on any atom is 0.265 e. The normalized spacial score (nSPS) is 15.1. The number of thiazole rings is 1. The molecule has 1 aliphatic heterocycles. The summed E-state index contributed by atoms with van der Waals surface area (Å²) >= 11 is 1.40. The third-order valence-electron chi connectivity index (χ3n) is 4.72. The number of para-hydroxylation sites is 1. The van der Waals surface area contributed by atoms with Gasteiger partial charge in [-0.15, -0.1) is 11.3 Å². The second-order valence-electron chi connectivity index (χ2n) is 6.77. The molecule has 2 aromatic heterocycles. The van der Waals surface area contributed by atoms with Crippen molar-refractivity contribution in [1.29, 1.82) is 0 Å². The van der Waals surface area contributed by atoms with Gasteiger partial charge in [0.25, 0.3) is 5.91 Å². The molecule has 4 rings (SSSR count). The molecule has 27 heavy (non-hydrogen) atoms. The molecule has 0 N–H and O–H groups in total. The Kier molecular flexibility index (Phi) is 4.99. The highest BCUT2D eigenvalue weighted by atomic mass is 32.1. The molecular weight excluding hydrogens is 360 g/mol. The van der Waals surface area contributed by atoms with Crippen LogP contribution in [-0.4, -0.2) is 35.0 Å². The highest BCUT2D eigenvalue weighted by Gasteiger charge is 2.27. The van der Waals surface area contributed by atoms with Crippen molar-refractivity contribution in [2.75, 3.05) is 13.1 Å². The van der Waals surface area contributed by atoms with Gasteiger partial charge in [0, 0.05) is 25.9 Å². The average Bonchev–Trinajstić information content (AvgIpc) is 3.28. The number of hydrogen-bond donors (Lipinski definition) is 0. The first-order valence-electron chi connectivity index (χ1n) is 9.15. The molecule has 3 heterocycles. The van der Waals surface area contributed by atoms with Crippen LogP contribution in [0.2, 0.25) is 0 Å². The van der Waals surface area contributed by atoms with Crippen molar-refractivity contribution in [3.63, 3.8) is 0 Å². The molecule has 6 heteroatoms. The smallest absolute Gasteiger partial charge is 0.265 e. The van der Waals surface area contributed by atoms with E-state index in [-0.39, 0.29) is 12.0 Å². The van der Waals surface area contributed by atoms with Gasteiger partial charge in [0.15, 0.2) is 10.8 Å². The Balaban J connectivity index is 1.40. The molecule has 1 saturated heterocycles. The zero-order valence-corrected chi connectivity index (χ0v) is 16.3.